The van der Waals surface area contributed by atoms with Crippen LogP contribution in [0, 0.1) is 23.0 Å². The van der Waals surface area contributed by atoms with Crippen LogP contribution in [0.4, 0.5) is 8.78 Å². The van der Waals surface area contributed by atoms with Gasteiger partial charge in [0.05, 0.1) is 22.8 Å². The average Bonchev–Trinajstić information content (AvgIpc) is 3.10. The second-order valence-electron chi connectivity index (χ2n) is 6.05. The molecule has 0 saturated carbocycles. The molecule has 0 spiro atoms. The molecule has 0 bridgehead atoms. The number of fused-ring (bicyclic) bond motifs is 1. The number of halogens is 2. The van der Waals surface area contributed by atoms with E-state index < -0.39 is 32.3 Å². The van der Waals surface area contributed by atoms with Crippen LogP contribution < -0.4 is 0 Å². The lowest BCUT2D eigenvalue weighted by Crippen LogP contribution is -2.15. The molecule has 0 radical (unpaired) electrons. The highest BCUT2D eigenvalue weighted by atomic mass is 32.2. The number of aromatic hydroxyl groups is 1. The molecular weight excluding hydrogens is 402 g/mol. The van der Waals surface area contributed by atoms with E-state index in [1.54, 1.807) is 0 Å². The Morgan fingerprint density at radius 1 is 1.07 bits per heavy atom. The third-order valence-corrected chi connectivity index (χ3v) is 6.00. The molecule has 1 N–H and O–H groups in total. The van der Waals surface area contributed by atoms with Crippen molar-refractivity contribution in [2.45, 2.75) is 4.90 Å². The molecule has 7 nitrogen and oxygen atoms in total. The Bertz CT molecular complexity index is 1410. The summed E-state index contributed by atoms with van der Waals surface area (Å²) in [6, 6.07) is 8.64. The Morgan fingerprint density at radius 2 is 1.79 bits per heavy atom. The quantitative estimate of drug-likeness (QED) is 0.554. The van der Waals surface area contributed by atoms with Crippen LogP contribution >= 0.6 is 0 Å². The lowest BCUT2D eigenvalue weighted by molar-refractivity contribution is 0.411. The maximum Gasteiger partial charge on any atom is 0.272 e. The fraction of sp³-hybridized carbons (Fsp3) is 0. The standard InChI is InChI=1S/C19H10F2N4O3S/c20-14-5-15(21)19(26)18(6-14)29(27,28)25-16-2-1-11(7-22)3-12(16)4-17(25)13-8-23-10-24-9-13/h1-6,8-10,26H. The van der Waals surface area contributed by atoms with Crippen LogP contribution in [0.15, 0.2) is 60.0 Å². The van der Waals surface area contributed by atoms with Gasteiger partial charge in [-0.2, -0.15) is 5.26 Å². The fourth-order valence-corrected chi connectivity index (χ4v) is 4.63. The zero-order valence-corrected chi connectivity index (χ0v) is 15.2. The Morgan fingerprint density at radius 3 is 2.48 bits per heavy atom. The summed E-state index contributed by atoms with van der Waals surface area (Å²) in [6.45, 7) is 0. The number of phenols is 1. The number of hydrogen-bond acceptors (Lipinski definition) is 6. The zero-order chi connectivity index (χ0) is 20.8. The normalized spacial score (nSPS) is 11.5. The van der Waals surface area contributed by atoms with Gasteiger partial charge in [-0.25, -0.2) is 31.1 Å². The highest BCUT2D eigenvalue weighted by Crippen LogP contribution is 2.35. The summed E-state index contributed by atoms with van der Waals surface area (Å²) >= 11 is 0. The van der Waals surface area contributed by atoms with Crippen LogP contribution in [0.3, 0.4) is 0 Å². The number of rotatable bonds is 3. The number of nitriles is 1. The van der Waals surface area contributed by atoms with Gasteiger partial charge in [0.2, 0.25) is 0 Å². The third-order valence-electron chi connectivity index (χ3n) is 4.25. The van der Waals surface area contributed by atoms with Crippen LogP contribution in [0.5, 0.6) is 5.75 Å². The third kappa shape index (κ3) is 2.97. The summed E-state index contributed by atoms with van der Waals surface area (Å²) < 4.78 is 55.1. The molecule has 2 heterocycles. The van der Waals surface area contributed by atoms with Crippen LogP contribution in [-0.2, 0) is 10.0 Å². The molecule has 0 aliphatic carbocycles. The lowest BCUT2D eigenvalue weighted by atomic mass is 10.1. The maximum atomic E-state index is 13.8. The summed E-state index contributed by atoms with van der Waals surface area (Å²) in [5, 5.41) is 19.5. The van der Waals surface area contributed by atoms with E-state index in [1.807, 2.05) is 6.07 Å². The van der Waals surface area contributed by atoms with Gasteiger partial charge in [0, 0.05) is 29.4 Å². The Hall–Kier alpha value is -3.84. The first-order valence-electron chi connectivity index (χ1n) is 8.07. The summed E-state index contributed by atoms with van der Waals surface area (Å²) in [5.74, 6) is -3.76. The van der Waals surface area contributed by atoms with Gasteiger partial charge in [-0.05, 0) is 30.3 Å². The van der Waals surface area contributed by atoms with E-state index in [0.29, 0.717) is 28.6 Å². The molecule has 10 heteroatoms. The van der Waals surface area contributed by atoms with E-state index in [1.165, 1.54) is 43.0 Å². The van der Waals surface area contributed by atoms with Crippen LogP contribution in [0.2, 0.25) is 0 Å². The molecule has 0 atom stereocenters. The van der Waals surface area contributed by atoms with Gasteiger partial charge < -0.3 is 5.11 Å². The molecule has 0 unspecified atom stereocenters. The van der Waals surface area contributed by atoms with Crippen molar-refractivity contribution in [3.05, 3.63) is 72.3 Å². The largest absolute Gasteiger partial charge is 0.504 e. The van der Waals surface area contributed by atoms with E-state index in [-0.39, 0.29) is 11.2 Å². The number of hydrogen-bond donors (Lipinski definition) is 1. The van der Waals surface area contributed by atoms with Gasteiger partial charge in [0.1, 0.15) is 17.0 Å². The van der Waals surface area contributed by atoms with Crippen molar-refractivity contribution >= 4 is 20.9 Å². The van der Waals surface area contributed by atoms with Crippen LogP contribution in [-0.4, -0.2) is 27.5 Å². The minimum Gasteiger partial charge on any atom is -0.504 e. The van der Waals surface area contributed by atoms with Gasteiger partial charge >= 0.3 is 0 Å². The average molecular weight is 412 g/mol. The summed E-state index contributed by atoms with van der Waals surface area (Å²) in [6.07, 6.45) is 3.99. The van der Waals surface area contributed by atoms with E-state index in [0.717, 1.165) is 3.97 Å². The number of phenolic OH excluding ortho intramolecular Hbond substituents is 1. The van der Waals surface area contributed by atoms with Gasteiger partial charge in [-0.15, -0.1) is 0 Å². The van der Waals surface area contributed by atoms with Crippen LogP contribution in [0.25, 0.3) is 22.2 Å². The molecule has 2 aromatic heterocycles. The van der Waals surface area contributed by atoms with E-state index in [2.05, 4.69) is 9.97 Å². The molecule has 4 aromatic rings. The number of benzene rings is 2. The van der Waals surface area contributed by atoms with Gasteiger partial charge in [-0.3, -0.25) is 0 Å². The molecule has 29 heavy (non-hydrogen) atoms. The molecular formula is C19H10F2N4O3S. The first kappa shape index (κ1) is 18.5. The van der Waals surface area contributed by atoms with Crippen molar-refractivity contribution in [3.8, 4) is 23.1 Å². The highest BCUT2D eigenvalue weighted by molar-refractivity contribution is 7.90. The Labute approximate surface area is 163 Å². The summed E-state index contributed by atoms with van der Waals surface area (Å²) in [5.41, 5.74) is 0.844. The number of nitrogens with zero attached hydrogens (tertiary/aromatic N) is 4. The molecule has 0 saturated heterocycles. The highest BCUT2D eigenvalue weighted by Gasteiger charge is 2.29. The molecule has 0 aliphatic rings. The SMILES string of the molecule is N#Cc1ccc2c(c1)cc(-c1cncnc1)n2S(=O)(=O)c1cc(F)cc(F)c1O. The van der Waals surface area contributed by atoms with Crippen LogP contribution in [0.1, 0.15) is 5.56 Å². The van der Waals surface area contributed by atoms with E-state index >= 15 is 0 Å². The predicted molar refractivity (Wildman–Crippen MR) is 98.3 cm³/mol. The van der Waals surface area contributed by atoms with Crippen molar-refractivity contribution in [1.29, 1.82) is 5.26 Å². The number of aromatic nitrogens is 3. The van der Waals surface area contributed by atoms with E-state index in [4.69, 9.17) is 5.26 Å². The molecule has 2 aromatic carbocycles. The second kappa shape index (κ2) is 6.65. The second-order valence-corrected chi connectivity index (χ2v) is 7.80. The van der Waals surface area contributed by atoms with Crippen molar-refractivity contribution in [1.82, 2.24) is 13.9 Å². The Balaban J connectivity index is 2.11. The van der Waals surface area contributed by atoms with Gasteiger partial charge in [0.15, 0.2) is 11.6 Å². The van der Waals surface area contributed by atoms with Crippen molar-refractivity contribution in [3.63, 3.8) is 0 Å². The molecule has 0 aliphatic heterocycles. The van der Waals surface area contributed by atoms with Crippen molar-refractivity contribution < 1.29 is 22.3 Å². The molecule has 0 fully saturated rings. The van der Waals surface area contributed by atoms with Crippen molar-refractivity contribution in [2.75, 3.05) is 0 Å². The smallest absolute Gasteiger partial charge is 0.272 e. The Kier molecular flexibility index (Phi) is 4.24. The van der Waals surface area contributed by atoms with E-state index in [9.17, 15) is 22.3 Å². The predicted octanol–water partition coefficient (Wildman–Crippen LogP) is 3.19. The molecule has 0 amide bonds. The molecule has 144 valence electrons. The molecule has 4 rings (SSSR count). The minimum absolute atomic E-state index is 0.0970. The monoisotopic (exact) mass is 412 g/mol. The van der Waals surface area contributed by atoms with Gasteiger partial charge in [-0.1, -0.05) is 0 Å². The first-order valence-corrected chi connectivity index (χ1v) is 9.51. The topological polar surface area (TPSA) is 109 Å². The zero-order valence-electron chi connectivity index (χ0n) is 14.4. The first-order chi connectivity index (χ1) is 13.8. The summed E-state index contributed by atoms with van der Waals surface area (Å²) in [4.78, 5) is 6.80. The van der Waals surface area contributed by atoms with Crippen molar-refractivity contribution in [2.24, 2.45) is 0 Å². The minimum atomic E-state index is -4.65. The fourth-order valence-electron chi connectivity index (χ4n) is 2.99. The lowest BCUT2D eigenvalue weighted by Gasteiger charge is -2.13. The summed E-state index contributed by atoms with van der Waals surface area (Å²) in [7, 11) is -4.65. The maximum absolute atomic E-state index is 13.8. The van der Waals surface area contributed by atoms with Gasteiger partial charge in [0.25, 0.3) is 10.0 Å².